The fraction of sp³-hybridized carbons (Fsp3) is 0.143. The lowest BCUT2D eigenvalue weighted by atomic mass is 10.1. The Kier molecular flexibility index (Phi) is 4.78. The highest BCUT2D eigenvalue weighted by Gasteiger charge is 2.31. The standard InChI is InChI=1S/C14H9BrClF4N/c15-13-6-11(17)2-1-8(13)7-21-12-4-9(14(18,19)20)3-10(16)5-12/h1-6,21H,7H2. The van der Waals surface area contributed by atoms with Crippen LogP contribution >= 0.6 is 27.5 Å². The summed E-state index contributed by atoms with van der Waals surface area (Å²) >= 11 is 8.89. The summed E-state index contributed by atoms with van der Waals surface area (Å²) < 4.78 is 51.5. The van der Waals surface area contributed by atoms with E-state index in [1.165, 1.54) is 18.2 Å². The lowest BCUT2D eigenvalue weighted by molar-refractivity contribution is -0.137. The van der Waals surface area contributed by atoms with Crippen molar-refractivity contribution in [2.45, 2.75) is 12.7 Å². The second-order valence-electron chi connectivity index (χ2n) is 4.32. The summed E-state index contributed by atoms with van der Waals surface area (Å²) in [6, 6.07) is 7.34. The number of hydrogen-bond donors (Lipinski definition) is 1. The Morgan fingerprint density at radius 2 is 1.81 bits per heavy atom. The Hall–Kier alpha value is -1.27. The zero-order valence-electron chi connectivity index (χ0n) is 10.4. The van der Waals surface area contributed by atoms with Gasteiger partial charge in [-0.25, -0.2) is 4.39 Å². The summed E-state index contributed by atoms with van der Waals surface area (Å²) in [5, 5.41) is 2.83. The third-order valence-electron chi connectivity index (χ3n) is 2.72. The van der Waals surface area contributed by atoms with Gasteiger partial charge >= 0.3 is 6.18 Å². The molecule has 0 saturated carbocycles. The van der Waals surface area contributed by atoms with Crippen molar-refractivity contribution in [3.05, 3.63) is 62.8 Å². The first kappa shape index (κ1) is 16.1. The van der Waals surface area contributed by atoms with Gasteiger partial charge in [-0.05, 0) is 35.9 Å². The predicted molar refractivity (Wildman–Crippen MR) is 77.9 cm³/mol. The number of nitrogens with one attached hydrogen (secondary N) is 1. The molecule has 0 aromatic heterocycles. The van der Waals surface area contributed by atoms with E-state index in [0.29, 0.717) is 10.0 Å². The minimum atomic E-state index is -4.46. The van der Waals surface area contributed by atoms with Gasteiger partial charge in [0, 0.05) is 21.7 Å². The average Bonchev–Trinajstić information content (AvgIpc) is 2.36. The molecule has 0 heterocycles. The summed E-state index contributed by atoms with van der Waals surface area (Å²) in [4.78, 5) is 0. The quantitative estimate of drug-likeness (QED) is 0.654. The van der Waals surface area contributed by atoms with Crippen molar-refractivity contribution in [1.29, 1.82) is 0 Å². The lowest BCUT2D eigenvalue weighted by Gasteiger charge is -2.12. The molecular weight excluding hydrogens is 374 g/mol. The SMILES string of the molecule is Fc1ccc(CNc2cc(Cl)cc(C(F)(F)F)c2)c(Br)c1. The Labute approximate surface area is 132 Å². The first-order valence-electron chi connectivity index (χ1n) is 5.81. The van der Waals surface area contributed by atoms with Crippen molar-refractivity contribution < 1.29 is 17.6 Å². The van der Waals surface area contributed by atoms with Gasteiger partial charge in [-0.2, -0.15) is 13.2 Å². The minimum Gasteiger partial charge on any atom is -0.381 e. The second kappa shape index (κ2) is 6.23. The Morgan fingerprint density at radius 3 is 2.43 bits per heavy atom. The molecule has 0 amide bonds. The molecular formula is C14H9BrClF4N. The van der Waals surface area contributed by atoms with E-state index in [-0.39, 0.29) is 17.3 Å². The van der Waals surface area contributed by atoms with E-state index in [4.69, 9.17) is 11.6 Å². The molecule has 0 aliphatic heterocycles. The van der Waals surface area contributed by atoms with Crippen molar-refractivity contribution >= 4 is 33.2 Å². The third-order valence-corrected chi connectivity index (χ3v) is 3.68. The first-order chi connectivity index (χ1) is 9.75. The molecule has 0 bridgehead atoms. The summed E-state index contributed by atoms with van der Waals surface area (Å²) in [6.45, 7) is 0.235. The number of alkyl halides is 3. The molecule has 1 N–H and O–H groups in total. The van der Waals surface area contributed by atoms with Crippen LogP contribution in [0.3, 0.4) is 0 Å². The van der Waals surface area contributed by atoms with Crippen LogP contribution in [0.1, 0.15) is 11.1 Å². The second-order valence-corrected chi connectivity index (χ2v) is 5.61. The van der Waals surface area contributed by atoms with Crippen molar-refractivity contribution in [3.63, 3.8) is 0 Å². The van der Waals surface area contributed by atoms with E-state index in [2.05, 4.69) is 21.2 Å². The van der Waals surface area contributed by atoms with Crippen LogP contribution in [-0.2, 0) is 12.7 Å². The molecule has 0 radical (unpaired) electrons. The van der Waals surface area contributed by atoms with E-state index >= 15 is 0 Å². The molecule has 2 rings (SSSR count). The Morgan fingerprint density at radius 1 is 1.10 bits per heavy atom. The first-order valence-corrected chi connectivity index (χ1v) is 6.98. The normalized spacial score (nSPS) is 11.5. The average molecular weight is 383 g/mol. The van der Waals surface area contributed by atoms with Gasteiger partial charge < -0.3 is 5.32 Å². The zero-order chi connectivity index (χ0) is 15.6. The summed E-state index contributed by atoms with van der Waals surface area (Å²) in [5.41, 5.74) is 0.131. The van der Waals surface area contributed by atoms with Crippen LogP contribution in [0.5, 0.6) is 0 Å². The van der Waals surface area contributed by atoms with Crippen molar-refractivity contribution in [1.82, 2.24) is 0 Å². The highest BCUT2D eigenvalue weighted by atomic mass is 79.9. The van der Waals surface area contributed by atoms with E-state index in [9.17, 15) is 17.6 Å². The molecule has 7 heteroatoms. The minimum absolute atomic E-state index is 0.00880. The maximum absolute atomic E-state index is 13.0. The summed E-state index contributed by atoms with van der Waals surface area (Å²) in [6.07, 6.45) is -4.46. The zero-order valence-corrected chi connectivity index (χ0v) is 12.8. The van der Waals surface area contributed by atoms with Crippen LogP contribution in [0, 0.1) is 5.82 Å². The van der Waals surface area contributed by atoms with Gasteiger partial charge in [0.2, 0.25) is 0 Å². The lowest BCUT2D eigenvalue weighted by Crippen LogP contribution is -2.07. The third kappa shape index (κ3) is 4.35. The van der Waals surface area contributed by atoms with Crippen LogP contribution in [-0.4, -0.2) is 0 Å². The van der Waals surface area contributed by atoms with Crippen molar-refractivity contribution in [3.8, 4) is 0 Å². The number of rotatable bonds is 3. The molecule has 0 fully saturated rings. The largest absolute Gasteiger partial charge is 0.416 e. The molecule has 0 saturated heterocycles. The number of hydrogen-bond acceptors (Lipinski definition) is 1. The summed E-state index contributed by atoms with van der Waals surface area (Å²) in [5.74, 6) is -0.396. The van der Waals surface area contributed by atoms with Crippen molar-refractivity contribution in [2.75, 3.05) is 5.32 Å². The fourth-order valence-corrected chi connectivity index (χ4v) is 2.44. The van der Waals surface area contributed by atoms with Gasteiger partial charge in [0.05, 0.1) is 5.56 Å². The highest BCUT2D eigenvalue weighted by Crippen LogP contribution is 2.33. The van der Waals surface area contributed by atoms with Crippen LogP contribution in [0.25, 0.3) is 0 Å². The maximum Gasteiger partial charge on any atom is 0.416 e. The fourth-order valence-electron chi connectivity index (χ4n) is 1.72. The topological polar surface area (TPSA) is 12.0 Å². The Balaban J connectivity index is 2.18. The molecule has 0 unspecified atom stereocenters. The van der Waals surface area contributed by atoms with Gasteiger partial charge in [-0.3, -0.25) is 0 Å². The molecule has 0 spiro atoms. The molecule has 2 aromatic rings. The van der Waals surface area contributed by atoms with Crippen LogP contribution < -0.4 is 5.32 Å². The predicted octanol–water partition coefficient (Wildman–Crippen LogP) is 5.87. The number of benzene rings is 2. The van der Waals surface area contributed by atoms with Crippen molar-refractivity contribution in [2.24, 2.45) is 0 Å². The molecule has 1 nitrogen and oxygen atoms in total. The molecule has 0 aliphatic carbocycles. The molecule has 21 heavy (non-hydrogen) atoms. The van der Waals surface area contributed by atoms with Crippen LogP contribution in [0.15, 0.2) is 40.9 Å². The van der Waals surface area contributed by atoms with Crippen LogP contribution in [0.4, 0.5) is 23.2 Å². The van der Waals surface area contributed by atoms with Gasteiger partial charge in [-0.15, -0.1) is 0 Å². The summed E-state index contributed by atoms with van der Waals surface area (Å²) in [7, 11) is 0. The smallest absolute Gasteiger partial charge is 0.381 e. The molecule has 2 aromatic carbocycles. The van der Waals surface area contributed by atoms with Gasteiger partial charge in [0.1, 0.15) is 5.82 Å². The maximum atomic E-state index is 13.0. The van der Waals surface area contributed by atoms with Crippen LogP contribution in [0.2, 0.25) is 5.02 Å². The van der Waals surface area contributed by atoms with Gasteiger partial charge in [0.15, 0.2) is 0 Å². The highest BCUT2D eigenvalue weighted by molar-refractivity contribution is 9.10. The van der Waals surface area contributed by atoms with Gasteiger partial charge in [0.25, 0.3) is 0 Å². The van der Waals surface area contributed by atoms with E-state index < -0.39 is 17.6 Å². The van der Waals surface area contributed by atoms with E-state index in [0.717, 1.165) is 12.1 Å². The monoisotopic (exact) mass is 381 g/mol. The Bertz CT molecular complexity index is 658. The van der Waals surface area contributed by atoms with E-state index in [1.807, 2.05) is 0 Å². The number of anilines is 1. The van der Waals surface area contributed by atoms with Gasteiger partial charge in [-0.1, -0.05) is 33.6 Å². The van der Waals surface area contributed by atoms with E-state index in [1.54, 1.807) is 6.07 Å². The molecule has 0 aliphatic rings. The number of halogens is 6. The molecule has 112 valence electrons. The molecule has 0 atom stereocenters.